The van der Waals surface area contributed by atoms with Gasteiger partial charge < -0.3 is 0 Å². The summed E-state index contributed by atoms with van der Waals surface area (Å²) in [6, 6.07) is 1.44. The Morgan fingerprint density at radius 3 is 3.00 bits per heavy atom. The minimum atomic E-state index is -0.199. The summed E-state index contributed by atoms with van der Waals surface area (Å²) in [7, 11) is 0. The fraction of sp³-hybridized carbons (Fsp3) is 0.583. The Kier molecular flexibility index (Phi) is 5.19. The van der Waals surface area contributed by atoms with Crippen LogP contribution < -0.4 is 5.56 Å². The highest BCUT2D eigenvalue weighted by atomic mass is 32.2. The van der Waals surface area contributed by atoms with Crippen LogP contribution in [-0.2, 0) is 0 Å². The molecule has 0 aromatic carbocycles. The highest BCUT2D eigenvalue weighted by molar-refractivity contribution is 8.01. The summed E-state index contributed by atoms with van der Waals surface area (Å²) in [6.07, 6.45) is 8.13. The van der Waals surface area contributed by atoms with Crippen molar-refractivity contribution in [1.29, 1.82) is 0 Å². The summed E-state index contributed by atoms with van der Waals surface area (Å²) in [5.41, 5.74) is -0.199. The van der Waals surface area contributed by atoms with E-state index in [-0.39, 0.29) is 5.56 Å². The van der Waals surface area contributed by atoms with E-state index in [2.05, 4.69) is 17.0 Å². The van der Waals surface area contributed by atoms with Crippen LogP contribution in [0.25, 0.3) is 4.96 Å². The summed E-state index contributed by atoms with van der Waals surface area (Å²) in [4.78, 5) is 15.7. The van der Waals surface area contributed by atoms with Gasteiger partial charge in [-0.15, -0.1) is 5.10 Å². The maximum absolute atomic E-state index is 11.1. The maximum Gasteiger partial charge on any atom is 0.273 e. The average molecular weight is 283 g/mol. The van der Waals surface area contributed by atoms with E-state index in [0.717, 1.165) is 10.1 Å². The molecule has 0 spiro atoms. The standard InChI is InChI=1S/C12H17N3OS2/c1-2-3-4-5-6-9-17-12-14-15-8-7-10(16)13-11(15)18-12/h7-8H,2-6,9H2,1H3. The van der Waals surface area contributed by atoms with E-state index in [1.165, 1.54) is 49.5 Å². The second kappa shape index (κ2) is 6.89. The molecular formula is C12H17N3OS2. The minimum absolute atomic E-state index is 0.199. The normalized spacial score (nSPS) is 11.2. The molecule has 0 aliphatic rings. The van der Waals surface area contributed by atoms with E-state index in [1.54, 1.807) is 22.5 Å². The fourth-order valence-electron chi connectivity index (χ4n) is 1.64. The van der Waals surface area contributed by atoms with Crippen LogP contribution in [0.5, 0.6) is 0 Å². The molecule has 2 aromatic heterocycles. The Hall–Kier alpha value is -0.880. The maximum atomic E-state index is 11.1. The van der Waals surface area contributed by atoms with Crippen molar-refractivity contribution in [2.24, 2.45) is 0 Å². The SMILES string of the molecule is CCCCCCCSc1nn2ccc(=O)nc2s1. The van der Waals surface area contributed by atoms with Gasteiger partial charge in [-0.1, -0.05) is 55.7 Å². The van der Waals surface area contributed by atoms with Gasteiger partial charge in [0.25, 0.3) is 5.56 Å². The molecule has 98 valence electrons. The number of thioether (sulfide) groups is 1. The first-order chi connectivity index (χ1) is 8.79. The summed E-state index contributed by atoms with van der Waals surface area (Å²) in [6.45, 7) is 2.23. The predicted octanol–water partition coefficient (Wildman–Crippen LogP) is 3.21. The van der Waals surface area contributed by atoms with E-state index >= 15 is 0 Å². The Labute approximate surface area is 114 Å². The largest absolute Gasteiger partial charge is 0.273 e. The first-order valence-electron chi connectivity index (χ1n) is 6.29. The van der Waals surface area contributed by atoms with Crippen molar-refractivity contribution in [3.8, 4) is 0 Å². The molecular weight excluding hydrogens is 266 g/mol. The van der Waals surface area contributed by atoms with Crippen LogP contribution in [0.3, 0.4) is 0 Å². The molecule has 0 saturated heterocycles. The van der Waals surface area contributed by atoms with Gasteiger partial charge in [0.1, 0.15) is 0 Å². The first kappa shape index (κ1) is 13.5. The Balaban J connectivity index is 1.83. The van der Waals surface area contributed by atoms with E-state index in [9.17, 15) is 4.79 Å². The Morgan fingerprint density at radius 2 is 2.17 bits per heavy atom. The van der Waals surface area contributed by atoms with Crippen LogP contribution in [0.4, 0.5) is 0 Å². The number of hydrogen-bond donors (Lipinski definition) is 0. The van der Waals surface area contributed by atoms with E-state index in [4.69, 9.17) is 0 Å². The molecule has 0 saturated carbocycles. The molecule has 2 aromatic rings. The van der Waals surface area contributed by atoms with Crippen molar-refractivity contribution in [2.75, 3.05) is 5.75 Å². The second-order valence-electron chi connectivity index (χ2n) is 4.12. The summed E-state index contributed by atoms with van der Waals surface area (Å²) in [5.74, 6) is 1.09. The zero-order valence-electron chi connectivity index (χ0n) is 10.5. The van der Waals surface area contributed by atoms with Gasteiger partial charge in [-0.3, -0.25) is 4.79 Å². The monoisotopic (exact) mass is 283 g/mol. The molecule has 2 heterocycles. The Morgan fingerprint density at radius 1 is 1.33 bits per heavy atom. The molecule has 6 heteroatoms. The molecule has 0 fully saturated rings. The molecule has 2 rings (SSSR count). The van der Waals surface area contributed by atoms with Gasteiger partial charge in [-0.05, 0) is 6.42 Å². The van der Waals surface area contributed by atoms with Gasteiger partial charge in [-0.25, -0.2) is 4.52 Å². The fourth-order valence-corrected chi connectivity index (χ4v) is 3.63. The number of aromatic nitrogens is 3. The van der Waals surface area contributed by atoms with Crippen LogP contribution in [0.2, 0.25) is 0 Å². The number of fused-ring (bicyclic) bond motifs is 1. The molecule has 0 bridgehead atoms. The number of hydrogen-bond acceptors (Lipinski definition) is 5. The van der Waals surface area contributed by atoms with Crippen molar-refractivity contribution in [2.45, 2.75) is 43.4 Å². The van der Waals surface area contributed by atoms with Crippen LogP contribution in [0.15, 0.2) is 21.4 Å². The van der Waals surface area contributed by atoms with Crippen molar-refractivity contribution in [3.63, 3.8) is 0 Å². The van der Waals surface area contributed by atoms with Gasteiger partial charge >= 0.3 is 0 Å². The van der Waals surface area contributed by atoms with E-state index < -0.39 is 0 Å². The minimum Gasteiger partial charge on any atom is -0.267 e. The van der Waals surface area contributed by atoms with Crippen molar-refractivity contribution >= 4 is 28.1 Å². The third-order valence-corrected chi connectivity index (χ3v) is 4.74. The molecule has 0 radical (unpaired) electrons. The average Bonchev–Trinajstić information content (AvgIpc) is 2.75. The van der Waals surface area contributed by atoms with Crippen molar-refractivity contribution in [3.05, 3.63) is 22.6 Å². The van der Waals surface area contributed by atoms with Crippen LogP contribution >= 0.6 is 23.1 Å². The second-order valence-corrected chi connectivity index (χ2v) is 6.42. The zero-order valence-corrected chi connectivity index (χ0v) is 12.1. The molecule has 0 unspecified atom stereocenters. The first-order valence-corrected chi connectivity index (χ1v) is 8.09. The summed E-state index contributed by atoms with van der Waals surface area (Å²) in [5, 5.41) is 4.38. The summed E-state index contributed by atoms with van der Waals surface area (Å²) < 4.78 is 2.66. The predicted molar refractivity (Wildman–Crippen MR) is 76.6 cm³/mol. The van der Waals surface area contributed by atoms with Crippen LogP contribution in [0, 0.1) is 0 Å². The van der Waals surface area contributed by atoms with E-state index in [0.29, 0.717) is 4.96 Å². The highest BCUT2D eigenvalue weighted by Gasteiger charge is 2.04. The summed E-state index contributed by atoms with van der Waals surface area (Å²) >= 11 is 3.24. The molecule has 0 aliphatic carbocycles. The van der Waals surface area contributed by atoms with Gasteiger partial charge in [-0.2, -0.15) is 4.98 Å². The molecule has 18 heavy (non-hydrogen) atoms. The number of unbranched alkanes of at least 4 members (excludes halogenated alkanes) is 4. The smallest absolute Gasteiger partial charge is 0.267 e. The van der Waals surface area contributed by atoms with E-state index in [1.807, 2.05) is 0 Å². The van der Waals surface area contributed by atoms with Gasteiger partial charge in [0.2, 0.25) is 4.96 Å². The zero-order chi connectivity index (χ0) is 12.8. The van der Waals surface area contributed by atoms with Crippen molar-refractivity contribution < 1.29 is 0 Å². The molecule has 0 amide bonds. The lowest BCUT2D eigenvalue weighted by molar-refractivity contribution is 0.659. The van der Waals surface area contributed by atoms with Crippen molar-refractivity contribution in [1.82, 2.24) is 14.6 Å². The molecule has 0 aliphatic heterocycles. The lowest BCUT2D eigenvalue weighted by Gasteiger charge is -1.97. The molecule has 4 nitrogen and oxygen atoms in total. The molecule has 0 atom stereocenters. The van der Waals surface area contributed by atoms with Gasteiger partial charge in [0, 0.05) is 18.0 Å². The van der Waals surface area contributed by atoms with Crippen LogP contribution in [0.1, 0.15) is 39.0 Å². The topological polar surface area (TPSA) is 47.3 Å². The lowest BCUT2D eigenvalue weighted by Crippen LogP contribution is -2.04. The third-order valence-electron chi connectivity index (χ3n) is 2.60. The number of nitrogens with zero attached hydrogens (tertiary/aromatic N) is 3. The van der Waals surface area contributed by atoms with Gasteiger partial charge in [0.05, 0.1) is 0 Å². The van der Waals surface area contributed by atoms with Crippen LogP contribution in [-0.4, -0.2) is 20.4 Å². The highest BCUT2D eigenvalue weighted by Crippen LogP contribution is 2.24. The lowest BCUT2D eigenvalue weighted by atomic mass is 10.2. The third kappa shape index (κ3) is 3.81. The molecule has 0 N–H and O–H groups in total. The number of rotatable bonds is 7. The van der Waals surface area contributed by atoms with Gasteiger partial charge in [0.15, 0.2) is 4.34 Å². The quantitative estimate of drug-likeness (QED) is 0.578. The Bertz CT molecular complexity index is 549.